The summed E-state index contributed by atoms with van der Waals surface area (Å²) >= 11 is 0. The Bertz CT molecular complexity index is 1220. The normalized spacial score (nSPS) is 25.8. The molecule has 1 aromatic carbocycles. The number of halogens is 5. The zero-order chi connectivity index (χ0) is 27.8. The van der Waals surface area contributed by atoms with Crippen molar-refractivity contribution < 1.29 is 41.0 Å². The van der Waals surface area contributed by atoms with E-state index in [1.165, 1.54) is 25.3 Å². The Morgan fingerprint density at radius 1 is 1.21 bits per heavy atom. The highest BCUT2D eigenvalue weighted by Crippen LogP contribution is 2.55. The van der Waals surface area contributed by atoms with E-state index in [1.807, 2.05) is 0 Å². The molecule has 0 bridgehead atoms. The molecule has 2 amide bonds. The highest BCUT2D eigenvalue weighted by molar-refractivity contribution is 5.98. The van der Waals surface area contributed by atoms with Crippen molar-refractivity contribution in [3.05, 3.63) is 53.2 Å². The molecular formula is C25H27F5N4O4. The zero-order valence-corrected chi connectivity index (χ0v) is 20.9. The third-order valence-corrected chi connectivity index (χ3v) is 7.23. The number of aromatic nitrogens is 1. The monoisotopic (exact) mass is 542 g/mol. The Balaban J connectivity index is 1.67. The van der Waals surface area contributed by atoms with Gasteiger partial charge in [0.2, 0.25) is 5.82 Å². The number of nitrogens with zero attached hydrogens (tertiary/aromatic N) is 2. The van der Waals surface area contributed by atoms with Crippen LogP contribution in [-0.4, -0.2) is 72.9 Å². The number of piperazine rings is 1. The molecule has 0 aliphatic carbocycles. The van der Waals surface area contributed by atoms with Crippen LogP contribution in [0, 0.1) is 17.6 Å². The molecule has 2 aliphatic heterocycles. The lowest BCUT2D eigenvalue weighted by molar-refractivity contribution is -0.272. The molecule has 2 N–H and O–H groups in total. The number of ether oxygens (including phenoxy) is 2. The number of amides is 2. The number of carbonyl (C=O) groups is 2. The number of hydrogen-bond acceptors (Lipinski definition) is 6. The maximum atomic E-state index is 14.5. The molecular weight excluding hydrogens is 515 g/mol. The average molecular weight is 543 g/mol. The lowest BCUT2D eigenvalue weighted by Crippen LogP contribution is -2.47. The van der Waals surface area contributed by atoms with Crippen molar-refractivity contribution in [2.45, 2.75) is 37.6 Å². The SMILES string of the molecule is COc1c([C@H]2[C@H](C(=O)Nc3cc(C(=O)N4CCNCC4)ccn3)O[C@@](C)(C(F)(F)F)[C@H]2C)ccc(F)c1F. The number of anilines is 1. The van der Waals surface area contributed by atoms with E-state index in [4.69, 9.17) is 9.47 Å². The van der Waals surface area contributed by atoms with Gasteiger partial charge in [-0.15, -0.1) is 0 Å². The maximum Gasteiger partial charge on any atom is 0.417 e. The minimum absolute atomic E-state index is 0.0798. The smallest absolute Gasteiger partial charge is 0.417 e. The molecule has 0 spiro atoms. The topological polar surface area (TPSA) is 92.8 Å². The summed E-state index contributed by atoms with van der Waals surface area (Å²) in [4.78, 5) is 31.8. The molecule has 2 aliphatic rings. The number of alkyl halides is 3. The van der Waals surface area contributed by atoms with Crippen molar-refractivity contribution in [2.24, 2.45) is 5.92 Å². The molecule has 1 aromatic heterocycles. The first kappa shape index (κ1) is 27.7. The number of methoxy groups -OCH3 is 1. The minimum atomic E-state index is -4.89. The Labute approximate surface area is 215 Å². The standard InChI is InChI=1S/C25H27F5N4O4/c1-13-18(15-4-5-16(26)19(27)20(15)37-3)21(38-24(13,2)25(28,29)30)22(35)33-17-12-14(6-7-32-17)23(36)34-10-8-31-9-11-34/h4-7,12-13,18,21,31H,8-11H2,1-3H3,(H,32,33,35)/t13-,18-,21+,24+/m0/s1. The van der Waals surface area contributed by atoms with Crippen LogP contribution in [0.5, 0.6) is 5.75 Å². The summed E-state index contributed by atoms with van der Waals surface area (Å²) in [5.41, 5.74) is -2.71. The molecule has 2 aromatic rings. The molecule has 8 nitrogen and oxygen atoms in total. The number of hydrogen-bond donors (Lipinski definition) is 2. The van der Waals surface area contributed by atoms with E-state index in [1.54, 1.807) is 4.90 Å². The van der Waals surface area contributed by atoms with Gasteiger partial charge in [0.25, 0.3) is 11.8 Å². The van der Waals surface area contributed by atoms with E-state index in [0.717, 1.165) is 26.2 Å². The largest absolute Gasteiger partial charge is 0.493 e. The summed E-state index contributed by atoms with van der Waals surface area (Å²) in [7, 11) is 1.05. The van der Waals surface area contributed by atoms with Crippen LogP contribution in [0.25, 0.3) is 0 Å². The number of carbonyl (C=O) groups excluding carboxylic acids is 2. The van der Waals surface area contributed by atoms with Gasteiger partial charge in [-0.2, -0.15) is 17.6 Å². The summed E-state index contributed by atoms with van der Waals surface area (Å²) in [6, 6.07) is 4.61. The van der Waals surface area contributed by atoms with Crippen LogP contribution in [0.3, 0.4) is 0 Å². The van der Waals surface area contributed by atoms with Crippen LogP contribution in [-0.2, 0) is 9.53 Å². The van der Waals surface area contributed by atoms with Crippen molar-refractivity contribution >= 4 is 17.6 Å². The fraction of sp³-hybridized carbons (Fsp3) is 0.480. The van der Waals surface area contributed by atoms with Crippen LogP contribution < -0.4 is 15.4 Å². The molecule has 38 heavy (non-hydrogen) atoms. The van der Waals surface area contributed by atoms with Crippen molar-refractivity contribution in [3.63, 3.8) is 0 Å². The van der Waals surface area contributed by atoms with Gasteiger partial charge in [0.1, 0.15) is 11.9 Å². The molecule has 0 unspecified atom stereocenters. The number of nitrogens with one attached hydrogen (secondary N) is 2. The Morgan fingerprint density at radius 2 is 1.89 bits per heavy atom. The molecule has 4 rings (SSSR count). The first-order valence-electron chi connectivity index (χ1n) is 11.9. The Morgan fingerprint density at radius 3 is 2.53 bits per heavy atom. The van der Waals surface area contributed by atoms with Crippen LogP contribution in [0.15, 0.2) is 30.5 Å². The fourth-order valence-electron chi connectivity index (χ4n) is 4.92. The Kier molecular flexibility index (Phi) is 7.62. The zero-order valence-electron chi connectivity index (χ0n) is 20.9. The quantitative estimate of drug-likeness (QED) is 0.563. The molecule has 0 saturated carbocycles. The molecule has 2 saturated heterocycles. The second-order valence-corrected chi connectivity index (χ2v) is 9.40. The van der Waals surface area contributed by atoms with Crippen LogP contribution in [0.2, 0.25) is 0 Å². The first-order valence-corrected chi connectivity index (χ1v) is 11.9. The van der Waals surface area contributed by atoms with Gasteiger partial charge in [0, 0.05) is 55.3 Å². The van der Waals surface area contributed by atoms with Crippen molar-refractivity contribution in [1.82, 2.24) is 15.2 Å². The molecule has 13 heteroatoms. The van der Waals surface area contributed by atoms with Crippen LogP contribution in [0.1, 0.15) is 35.7 Å². The van der Waals surface area contributed by atoms with Crippen LogP contribution >= 0.6 is 0 Å². The lowest BCUT2D eigenvalue weighted by Gasteiger charge is -2.32. The van der Waals surface area contributed by atoms with Gasteiger partial charge in [0.05, 0.1) is 7.11 Å². The van der Waals surface area contributed by atoms with Gasteiger partial charge in [-0.25, -0.2) is 9.37 Å². The average Bonchev–Trinajstić information content (AvgIpc) is 3.17. The lowest BCUT2D eigenvalue weighted by atomic mass is 9.77. The summed E-state index contributed by atoms with van der Waals surface area (Å²) in [6.07, 6.45) is -5.37. The number of rotatable bonds is 5. The summed E-state index contributed by atoms with van der Waals surface area (Å²) in [5, 5.41) is 5.55. The summed E-state index contributed by atoms with van der Waals surface area (Å²) in [5.74, 6) is -7.39. The van der Waals surface area contributed by atoms with Gasteiger partial charge in [-0.1, -0.05) is 13.0 Å². The second kappa shape index (κ2) is 10.4. The van der Waals surface area contributed by atoms with Crippen molar-refractivity contribution in [2.75, 3.05) is 38.6 Å². The van der Waals surface area contributed by atoms with Gasteiger partial charge in [0.15, 0.2) is 17.2 Å². The number of benzene rings is 1. The third kappa shape index (κ3) is 4.92. The highest BCUT2D eigenvalue weighted by Gasteiger charge is 2.66. The molecule has 2 fully saturated rings. The predicted molar refractivity (Wildman–Crippen MR) is 126 cm³/mol. The maximum absolute atomic E-state index is 14.5. The van der Waals surface area contributed by atoms with E-state index < -0.39 is 53.0 Å². The molecule has 206 valence electrons. The summed E-state index contributed by atoms with van der Waals surface area (Å²) in [6.45, 7) is 4.26. The molecule has 0 radical (unpaired) electrons. The van der Waals surface area contributed by atoms with Gasteiger partial charge in [-0.3, -0.25) is 9.59 Å². The molecule has 3 heterocycles. The highest BCUT2D eigenvalue weighted by atomic mass is 19.4. The predicted octanol–water partition coefficient (Wildman–Crippen LogP) is 3.49. The van der Waals surface area contributed by atoms with E-state index >= 15 is 0 Å². The van der Waals surface area contributed by atoms with Gasteiger partial charge in [-0.05, 0) is 25.1 Å². The summed E-state index contributed by atoms with van der Waals surface area (Å²) < 4.78 is 81.0. The van der Waals surface area contributed by atoms with Crippen LogP contribution in [0.4, 0.5) is 27.8 Å². The van der Waals surface area contributed by atoms with Gasteiger partial charge >= 0.3 is 6.18 Å². The van der Waals surface area contributed by atoms with E-state index in [0.29, 0.717) is 26.2 Å². The Hall–Kier alpha value is -3.32. The first-order chi connectivity index (χ1) is 17.9. The fourth-order valence-corrected chi connectivity index (χ4v) is 4.92. The van der Waals surface area contributed by atoms with E-state index in [2.05, 4.69) is 15.6 Å². The van der Waals surface area contributed by atoms with E-state index in [9.17, 15) is 31.5 Å². The second-order valence-electron chi connectivity index (χ2n) is 9.40. The molecule has 4 atom stereocenters. The van der Waals surface area contributed by atoms with E-state index in [-0.39, 0.29) is 22.9 Å². The van der Waals surface area contributed by atoms with Crippen molar-refractivity contribution in [3.8, 4) is 5.75 Å². The minimum Gasteiger partial charge on any atom is -0.493 e. The third-order valence-electron chi connectivity index (χ3n) is 7.23. The number of pyridine rings is 1. The van der Waals surface area contributed by atoms with Gasteiger partial charge < -0.3 is 25.0 Å². The van der Waals surface area contributed by atoms with Crippen molar-refractivity contribution in [1.29, 1.82) is 0 Å².